The van der Waals surface area contributed by atoms with E-state index >= 15 is 0 Å². The number of hydrogen-bond acceptors (Lipinski definition) is 8. The number of rotatable bonds is 14. The highest BCUT2D eigenvalue weighted by Gasteiger charge is 2.37. The first-order valence-corrected chi connectivity index (χ1v) is 17.4. The molecule has 0 spiro atoms. The van der Waals surface area contributed by atoms with Gasteiger partial charge in [0.1, 0.15) is 13.2 Å². The standard InChI is InChI=1S/C33H48N4O7S/c1-5-24(4)18-32(39)37(35-33(40)27-12-9-15-34-27)28(19-25-10-7-6-8-11-25)29(38)22-36(21-23(2)3)45(41,42)26-13-14-30-31(20-26)44-17-16-43-30/h6-8,10-11,13-14,20,23-24,27-29,34,38H,5,9,12,15-19,21-22H2,1-4H3,(H,35,40)/t24-,27?,28-,29+/m0/s1. The van der Waals surface area contributed by atoms with E-state index in [0.29, 0.717) is 37.7 Å². The van der Waals surface area contributed by atoms with E-state index in [1.165, 1.54) is 21.4 Å². The second-order valence-electron chi connectivity index (χ2n) is 12.5. The van der Waals surface area contributed by atoms with Gasteiger partial charge in [-0.2, -0.15) is 4.31 Å². The monoisotopic (exact) mass is 644 g/mol. The Morgan fingerprint density at radius 3 is 2.40 bits per heavy atom. The number of hydrazine groups is 1. The molecule has 11 nitrogen and oxygen atoms in total. The van der Waals surface area contributed by atoms with Crippen LogP contribution in [0.4, 0.5) is 0 Å². The van der Waals surface area contributed by atoms with Crippen molar-refractivity contribution in [3.63, 3.8) is 0 Å². The number of amides is 2. The van der Waals surface area contributed by atoms with Crippen LogP contribution in [0.5, 0.6) is 11.5 Å². The zero-order chi connectivity index (χ0) is 32.6. The Labute approximate surface area is 267 Å². The van der Waals surface area contributed by atoms with Gasteiger partial charge in [0.2, 0.25) is 15.9 Å². The number of fused-ring (bicyclic) bond motifs is 1. The van der Waals surface area contributed by atoms with Gasteiger partial charge in [-0.05, 0) is 55.3 Å². The van der Waals surface area contributed by atoms with Gasteiger partial charge < -0.3 is 19.9 Å². The predicted octanol–water partition coefficient (Wildman–Crippen LogP) is 3.12. The molecule has 1 saturated heterocycles. The first-order valence-electron chi connectivity index (χ1n) is 16.0. The molecule has 2 amide bonds. The van der Waals surface area contributed by atoms with Crippen LogP contribution in [0.2, 0.25) is 0 Å². The summed E-state index contributed by atoms with van der Waals surface area (Å²) in [6, 6.07) is 12.5. The van der Waals surface area contributed by atoms with E-state index in [2.05, 4.69) is 10.7 Å². The van der Waals surface area contributed by atoms with Gasteiger partial charge in [0.15, 0.2) is 11.5 Å². The van der Waals surface area contributed by atoms with Gasteiger partial charge in [0.05, 0.1) is 23.1 Å². The van der Waals surface area contributed by atoms with Crippen LogP contribution in [0.15, 0.2) is 53.4 Å². The van der Waals surface area contributed by atoms with Crippen molar-refractivity contribution in [3.8, 4) is 11.5 Å². The molecular formula is C33H48N4O7S. The zero-order valence-electron chi connectivity index (χ0n) is 26.8. The van der Waals surface area contributed by atoms with Gasteiger partial charge in [-0.3, -0.25) is 15.0 Å². The molecule has 2 aromatic rings. The molecule has 0 bridgehead atoms. The van der Waals surface area contributed by atoms with Crippen LogP contribution in [-0.4, -0.2) is 85.7 Å². The summed E-state index contributed by atoms with van der Waals surface area (Å²) in [4.78, 5) is 27.2. The minimum absolute atomic E-state index is 0.0181. The summed E-state index contributed by atoms with van der Waals surface area (Å²) in [5.41, 5.74) is 3.67. The molecule has 0 aromatic heterocycles. The molecule has 4 atom stereocenters. The van der Waals surface area contributed by atoms with Crippen molar-refractivity contribution in [1.29, 1.82) is 0 Å². The third-order valence-electron chi connectivity index (χ3n) is 8.27. The summed E-state index contributed by atoms with van der Waals surface area (Å²) in [5, 5.41) is 16.4. The molecule has 2 aliphatic heterocycles. The fraction of sp³-hybridized carbons (Fsp3) is 0.576. The summed E-state index contributed by atoms with van der Waals surface area (Å²) in [6.07, 6.45) is 1.27. The van der Waals surface area contributed by atoms with Gasteiger partial charge in [-0.1, -0.05) is 64.4 Å². The normalized spacial score (nSPS) is 18.4. The van der Waals surface area contributed by atoms with Crippen molar-refractivity contribution in [1.82, 2.24) is 20.1 Å². The lowest BCUT2D eigenvalue weighted by molar-refractivity contribution is -0.149. The number of aliphatic hydroxyl groups excluding tert-OH is 1. The van der Waals surface area contributed by atoms with Gasteiger partial charge in [-0.15, -0.1) is 0 Å². The molecule has 1 unspecified atom stereocenters. The van der Waals surface area contributed by atoms with Crippen molar-refractivity contribution in [2.24, 2.45) is 11.8 Å². The molecule has 1 fully saturated rings. The summed E-state index contributed by atoms with van der Waals surface area (Å²) < 4.78 is 40.6. The predicted molar refractivity (Wildman–Crippen MR) is 171 cm³/mol. The smallest absolute Gasteiger partial charge is 0.255 e. The highest BCUT2D eigenvalue weighted by molar-refractivity contribution is 7.89. The van der Waals surface area contributed by atoms with E-state index in [-0.39, 0.29) is 54.5 Å². The molecule has 0 saturated carbocycles. The summed E-state index contributed by atoms with van der Waals surface area (Å²) in [6.45, 7) is 8.99. The van der Waals surface area contributed by atoms with E-state index in [4.69, 9.17) is 9.47 Å². The highest BCUT2D eigenvalue weighted by atomic mass is 32.2. The molecular weight excluding hydrogens is 596 g/mol. The number of nitrogens with zero attached hydrogens (tertiary/aromatic N) is 2. The molecule has 4 rings (SSSR count). The average Bonchev–Trinajstić information content (AvgIpc) is 3.57. The quantitative estimate of drug-likeness (QED) is 0.267. The second kappa shape index (κ2) is 15.9. The molecule has 248 valence electrons. The van der Waals surface area contributed by atoms with Gasteiger partial charge in [-0.25, -0.2) is 13.4 Å². The van der Waals surface area contributed by atoms with Crippen LogP contribution in [0.25, 0.3) is 0 Å². The largest absolute Gasteiger partial charge is 0.486 e. The van der Waals surface area contributed by atoms with Crippen LogP contribution >= 0.6 is 0 Å². The average molecular weight is 645 g/mol. The maximum atomic E-state index is 14.1. The lowest BCUT2D eigenvalue weighted by Crippen LogP contribution is -2.61. The zero-order valence-corrected chi connectivity index (χ0v) is 27.6. The second-order valence-corrected chi connectivity index (χ2v) is 14.4. The van der Waals surface area contributed by atoms with E-state index in [0.717, 1.165) is 18.4 Å². The van der Waals surface area contributed by atoms with E-state index in [9.17, 15) is 23.1 Å². The van der Waals surface area contributed by atoms with Gasteiger partial charge in [0.25, 0.3) is 5.91 Å². The van der Waals surface area contributed by atoms with Gasteiger partial charge >= 0.3 is 0 Å². The minimum atomic E-state index is -4.10. The first-order chi connectivity index (χ1) is 21.5. The van der Waals surface area contributed by atoms with Crippen LogP contribution in [0.1, 0.15) is 58.9 Å². The topological polar surface area (TPSA) is 138 Å². The van der Waals surface area contributed by atoms with Crippen molar-refractivity contribution in [2.45, 2.75) is 82.9 Å². The van der Waals surface area contributed by atoms with Crippen molar-refractivity contribution < 1.29 is 32.6 Å². The Morgan fingerprint density at radius 2 is 1.76 bits per heavy atom. The summed E-state index contributed by atoms with van der Waals surface area (Å²) in [7, 11) is -4.10. The van der Waals surface area contributed by atoms with E-state index < -0.39 is 28.2 Å². The molecule has 3 N–H and O–H groups in total. The minimum Gasteiger partial charge on any atom is -0.486 e. The maximum Gasteiger partial charge on any atom is 0.255 e. The molecule has 0 radical (unpaired) electrons. The molecule has 2 aliphatic rings. The highest BCUT2D eigenvalue weighted by Crippen LogP contribution is 2.33. The van der Waals surface area contributed by atoms with Crippen LogP contribution in [0, 0.1) is 11.8 Å². The van der Waals surface area contributed by atoms with Crippen molar-refractivity contribution >= 4 is 21.8 Å². The lowest BCUT2D eigenvalue weighted by atomic mass is 9.98. The Balaban J connectivity index is 1.69. The number of carbonyl (C=O) groups is 2. The third-order valence-corrected chi connectivity index (χ3v) is 10.1. The number of ether oxygens (including phenoxy) is 2. The van der Waals surface area contributed by atoms with Gasteiger partial charge in [0, 0.05) is 25.6 Å². The number of aliphatic hydroxyl groups is 1. The Morgan fingerprint density at radius 1 is 1.04 bits per heavy atom. The molecule has 12 heteroatoms. The maximum absolute atomic E-state index is 14.1. The fourth-order valence-corrected chi connectivity index (χ4v) is 7.21. The molecule has 2 aromatic carbocycles. The Kier molecular flexibility index (Phi) is 12.2. The molecule has 2 heterocycles. The van der Waals surface area contributed by atoms with Crippen molar-refractivity contribution in [2.75, 3.05) is 32.8 Å². The Hall–Kier alpha value is -3.19. The number of carbonyl (C=O) groups excluding carboxylic acids is 2. The third kappa shape index (κ3) is 9.18. The van der Waals surface area contributed by atoms with Crippen molar-refractivity contribution in [3.05, 3.63) is 54.1 Å². The van der Waals surface area contributed by atoms with E-state index in [1.807, 2.05) is 58.0 Å². The fourth-order valence-electron chi connectivity index (χ4n) is 5.57. The SMILES string of the molecule is CC[C@H](C)CC(=O)N(NC(=O)C1CCCN1)[C@@H](Cc1ccccc1)[C@H](O)CN(CC(C)C)S(=O)(=O)c1ccc2c(c1)OCCO2. The number of sulfonamides is 1. The molecule has 0 aliphatic carbocycles. The molecule has 45 heavy (non-hydrogen) atoms. The first kappa shape index (κ1) is 34.7. The van der Waals surface area contributed by atoms with Crippen LogP contribution < -0.4 is 20.2 Å². The van der Waals surface area contributed by atoms with Crippen LogP contribution in [0.3, 0.4) is 0 Å². The summed E-state index contributed by atoms with van der Waals surface area (Å²) in [5.74, 6) is 0.122. The summed E-state index contributed by atoms with van der Waals surface area (Å²) >= 11 is 0. The number of benzene rings is 2. The number of hydrogen-bond donors (Lipinski definition) is 3. The number of nitrogens with one attached hydrogen (secondary N) is 2. The lowest BCUT2D eigenvalue weighted by Gasteiger charge is -2.38. The van der Waals surface area contributed by atoms with E-state index in [1.54, 1.807) is 6.07 Å². The Bertz CT molecular complexity index is 1380. The van der Waals surface area contributed by atoms with Crippen LogP contribution in [-0.2, 0) is 26.0 Å².